The second-order valence-electron chi connectivity index (χ2n) is 19.2. The Balaban J connectivity index is 1.11. The summed E-state index contributed by atoms with van der Waals surface area (Å²) in [5.74, 6) is -0.0645. The zero-order valence-corrected chi connectivity index (χ0v) is 38.0. The first-order chi connectivity index (χ1) is 34.7. The topological polar surface area (TPSA) is 14.8 Å². The Labute approximate surface area is 404 Å². The summed E-state index contributed by atoms with van der Waals surface area (Å²) in [6, 6.07) is 90.7. The van der Waals surface area contributed by atoms with Gasteiger partial charge in [-0.1, -0.05) is 170 Å². The van der Waals surface area contributed by atoms with Gasteiger partial charge in [-0.2, -0.15) is 0 Å². The third kappa shape index (κ3) is 5.18. The maximum atomic E-state index is 2.62. The molecule has 14 aromatic rings. The van der Waals surface area contributed by atoms with Crippen molar-refractivity contribution < 1.29 is 0 Å². The second kappa shape index (κ2) is 14.2. The molecule has 0 fully saturated rings. The molecule has 0 amide bonds. The molecule has 0 saturated carbocycles. The number of benzene rings is 11. The summed E-state index contributed by atoms with van der Waals surface area (Å²) in [4.78, 5) is 0. The molecule has 5 heterocycles. The first-order valence-corrected chi connectivity index (χ1v) is 24.4. The Hall–Kier alpha value is -9.18. The third-order valence-corrected chi connectivity index (χ3v) is 15.6. The van der Waals surface area contributed by atoms with E-state index in [2.05, 4.69) is 256 Å². The van der Waals surface area contributed by atoms with Gasteiger partial charge >= 0.3 is 0 Å². The van der Waals surface area contributed by atoms with Crippen molar-refractivity contribution in [3.8, 4) is 61.6 Å². The third-order valence-electron chi connectivity index (χ3n) is 15.6. The van der Waals surface area contributed by atoms with Crippen molar-refractivity contribution in [3.05, 3.63) is 259 Å². The van der Waals surface area contributed by atoms with Crippen molar-refractivity contribution in [1.82, 2.24) is 13.7 Å². The zero-order valence-electron chi connectivity index (χ0n) is 38.0. The van der Waals surface area contributed by atoms with Gasteiger partial charge in [0.05, 0.1) is 50.2 Å². The van der Waals surface area contributed by atoms with Gasteiger partial charge in [0.2, 0.25) is 0 Å². The van der Waals surface area contributed by atoms with Gasteiger partial charge in [0.15, 0.2) is 0 Å². The predicted octanol–water partition coefficient (Wildman–Crippen LogP) is 17.5. The minimum atomic E-state index is -0.0645. The van der Waals surface area contributed by atoms with Crippen LogP contribution in [-0.4, -0.2) is 13.7 Å². The van der Waals surface area contributed by atoms with Crippen LogP contribution in [0.25, 0.3) is 127 Å². The summed E-state index contributed by atoms with van der Waals surface area (Å²) >= 11 is 0. The number of hydrogen-bond acceptors (Lipinski definition) is 0. The molecule has 3 heteroatoms. The van der Waals surface area contributed by atoms with E-state index in [-0.39, 0.29) is 5.92 Å². The number of nitrogens with zero attached hydrogens (tertiary/aromatic N) is 3. The smallest absolute Gasteiger partial charge is 0.0583 e. The number of fused-ring (bicyclic) bond motifs is 13. The Morgan fingerprint density at radius 1 is 0.243 bits per heavy atom. The van der Waals surface area contributed by atoms with Gasteiger partial charge < -0.3 is 13.7 Å². The molecule has 0 unspecified atom stereocenters. The normalized spacial score (nSPS) is 12.8. The SMILES string of the molecule is c1ccc(-c2ccc3c(c2)c2cc(-c4ccccc4)cc4c2n3-c2cc(-n3c5ccccc5c5ccccc53)cc3c2C4c2cc(-c4ccccc4)cc4c5cc(-c6ccccc6)ccc5n-3c24)cc1. The quantitative estimate of drug-likeness (QED) is 0.164. The lowest BCUT2D eigenvalue weighted by Gasteiger charge is -2.36. The summed E-state index contributed by atoms with van der Waals surface area (Å²) in [6.45, 7) is 0. The van der Waals surface area contributed by atoms with Crippen LogP contribution in [0.4, 0.5) is 0 Å². The van der Waals surface area contributed by atoms with Crippen molar-refractivity contribution in [2.75, 3.05) is 0 Å². The van der Waals surface area contributed by atoms with Crippen molar-refractivity contribution in [3.63, 3.8) is 0 Å². The molecule has 3 nitrogen and oxygen atoms in total. The van der Waals surface area contributed by atoms with Crippen LogP contribution in [0, 0.1) is 0 Å². The van der Waals surface area contributed by atoms with Crippen LogP contribution >= 0.6 is 0 Å². The molecule has 11 aromatic carbocycles. The van der Waals surface area contributed by atoms with Gasteiger partial charge in [-0.15, -0.1) is 0 Å². The minimum absolute atomic E-state index is 0.0645. The lowest BCUT2D eigenvalue weighted by Crippen LogP contribution is -2.22. The Morgan fingerprint density at radius 2 is 0.600 bits per heavy atom. The van der Waals surface area contributed by atoms with E-state index in [1.165, 1.54) is 138 Å². The van der Waals surface area contributed by atoms with E-state index in [0.29, 0.717) is 0 Å². The van der Waals surface area contributed by atoms with E-state index in [0.717, 1.165) is 5.69 Å². The summed E-state index contributed by atoms with van der Waals surface area (Å²) < 4.78 is 7.75. The fourth-order valence-corrected chi connectivity index (χ4v) is 12.6. The maximum absolute atomic E-state index is 2.62. The van der Waals surface area contributed by atoms with Gasteiger partial charge in [0, 0.05) is 43.8 Å². The van der Waals surface area contributed by atoms with Crippen molar-refractivity contribution in [2.45, 2.75) is 5.92 Å². The van der Waals surface area contributed by atoms with E-state index < -0.39 is 0 Å². The number of para-hydroxylation sites is 2. The summed E-state index contributed by atoms with van der Waals surface area (Å²) in [5, 5.41) is 7.56. The van der Waals surface area contributed by atoms with Crippen LogP contribution in [0.3, 0.4) is 0 Å². The molecular weight excluding hydrogens is 847 g/mol. The molecule has 0 spiro atoms. The average Bonchev–Trinajstić information content (AvgIpc) is 4.08. The molecule has 0 atom stereocenters. The Morgan fingerprint density at radius 3 is 1.03 bits per heavy atom. The Kier molecular flexibility index (Phi) is 7.67. The highest BCUT2D eigenvalue weighted by Gasteiger charge is 2.40. The highest BCUT2D eigenvalue weighted by Crippen LogP contribution is 2.57. The monoisotopic (exact) mass is 887 g/mol. The first-order valence-electron chi connectivity index (χ1n) is 24.4. The van der Waals surface area contributed by atoms with Gasteiger partial charge in [-0.25, -0.2) is 0 Å². The molecule has 2 aliphatic rings. The molecular formula is C67H41N3. The molecule has 16 rings (SSSR count). The zero-order chi connectivity index (χ0) is 45.6. The number of hydrogen-bond donors (Lipinski definition) is 0. The largest absolute Gasteiger partial charge is 0.309 e. The molecule has 0 bridgehead atoms. The standard InChI is InChI=1S/C67H41N3/c1-5-17-41(18-6-1)45-29-31-60-52(33-45)54-35-47(43-21-9-3-10-22-43)37-56-64-57-38-48(44-23-11-4-12-24-44)36-55-53-34-46(42-19-7-2-8-20-42)30-32-61(53)70(67(55)57)63-40-49(39-62(65(63)64)69(60)66(54)56)68-58-27-15-13-25-50(58)51-26-14-16-28-59(51)68/h1-40,64H. The van der Waals surface area contributed by atoms with Gasteiger partial charge in [-0.3, -0.25) is 0 Å². The van der Waals surface area contributed by atoms with E-state index >= 15 is 0 Å². The maximum Gasteiger partial charge on any atom is 0.0583 e. The molecule has 2 aliphatic heterocycles. The number of rotatable bonds is 5. The molecule has 3 aromatic heterocycles. The van der Waals surface area contributed by atoms with E-state index in [1.54, 1.807) is 0 Å². The van der Waals surface area contributed by atoms with Crippen LogP contribution in [0.1, 0.15) is 22.6 Å². The highest BCUT2D eigenvalue weighted by atomic mass is 15.1. The second-order valence-corrected chi connectivity index (χ2v) is 19.2. The lowest BCUT2D eigenvalue weighted by atomic mass is 9.76. The summed E-state index contributed by atoms with van der Waals surface area (Å²) in [7, 11) is 0. The molecule has 0 N–H and O–H groups in total. The number of aromatic nitrogens is 3. The van der Waals surface area contributed by atoms with Gasteiger partial charge in [0.1, 0.15) is 0 Å². The summed E-state index contributed by atoms with van der Waals surface area (Å²) in [5.41, 5.74) is 24.7. The average molecular weight is 888 g/mol. The minimum Gasteiger partial charge on any atom is -0.309 e. The van der Waals surface area contributed by atoms with Crippen molar-refractivity contribution in [2.24, 2.45) is 0 Å². The van der Waals surface area contributed by atoms with E-state index in [1.807, 2.05) is 0 Å². The lowest BCUT2D eigenvalue weighted by molar-refractivity contribution is 0.881. The van der Waals surface area contributed by atoms with Crippen LogP contribution in [0.15, 0.2) is 243 Å². The van der Waals surface area contributed by atoms with Gasteiger partial charge in [0.25, 0.3) is 0 Å². The van der Waals surface area contributed by atoms with Crippen molar-refractivity contribution in [1.29, 1.82) is 0 Å². The predicted molar refractivity (Wildman–Crippen MR) is 292 cm³/mol. The molecule has 0 radical (unpaired) electrons. The molecule has 324 valence electrons. The van der Waals surface area contributed by atoms with Crippen LogP contribution in [0.2, 0.25) is 0 Å². The molecule has 0 saturated heterocycles. The fraction of sp³-hybridized carbons (Fsp3) is 0.0149. The van der Waals surface area contributed by atoms with Crippen LogP contribution in [0.5, 0.6) is 0 Å². The van der Waals surface area contributed by atoms with E-state index in [9.17, 15) is 0 Å². The molecule has 0 aliphatic carbocycles. The highest BCUT2D eigenvalue weighted by molar-refractivity contribution is 6.18. The Bertz CT molecular complexity index is 4210. The molecule has 70 heavy (non-hydrogen) atoms. The van der Waals surface area contributed by atoms with Gasteiger partial charge in [-0.05, 0) is 128 Å². The fourth-order valence-electron chi connectivity index (χ4n) is 12.6. The first kappa shape index (κ1) is 37.9. The van der Waals surface area contributed by atoms with Crippen LogP contribution in [-0.2, 0) is 0 Å². The van der Waals surface area contributed by atoms with E-state index in [4.69, 9.17) is 0 Å². The summed E-state index contributed by atoms with van der Waals surface area (Å²) in [6.07, 6.45) is 0. The van der Waals surface area contributed by atoms with Crippen molar-refractivity contribution >= 4 is 65.4 Å². The van der Waals surface area contributed by atoms with Crippen LogP contribution < -0.4 is 0 Å².